The van der Waals surface area contributed by atoms with Gasteiger partial charge in [0.2, 0.25) is 0 Å². The normalized spacial score (nSPS) is 10.8. The maximum absolute atomic E-state index is 10.4. The van der Waals surface area contributed by atoms with Gasteiger partial charge in [0.25, 0.3) is 0 Å². The van der Waals surface area contributed by atoms with Gasteiger partial charge >= 0.3 is 5.97 Å². The molecule has 2 N–H and O–H groups in total. The Hall–Kier alpha value is -1.81. The first-order valence-corrected chi connectivity index (χ1v) is 5.89. The van der Waals surface area contributed by atoms with Crippen LogP contribution in [-0.4, -0.2) is 29.4 Å². The minimum Gasteiger partial charge on any atom is -0.493 e. The molecule has 0 unspecified atom stereocenters. The number of carboxylic acids is 1. The van der Waals surface area contributed by atoms with Crippen LogP contribution < -0.4 is 4.74 Å². The number of aryl methyl sites for hydroxylation is 1. The summed E-state index contributed by atoms with van der Waals surface area (Å²) in [7, 11) is 0. The number of carboxylic acid groups (broad SMARTS) is 1. The molecule has 1 aromatic carbocycles. The molecule has 0 saturated carbocycles. The number of ether oxygens (including phenoxy) is 1. The predicted octanol–water partition coefficient (Wildman–Crippen LogP) is 2.24. The van der Waals surface area contributed by atoms with Crippen LogP contribution in [0.1, 0.15) is 24.0 Å². The number of hydrogen-bond acceptors (Lipinski definition) is 3. The fourth-order valence-corrected chi connectivity index (χ4v) is 1.50. The van der Waals surface area contributed by atoms with Gasteiger partial charge < -0.3 is 14.9 Å². The Balaban J connectivity index is 2.59. The third kappa shape index (κ3) is 5.01. The van der Waals surface area contributed by atoms with Gasteiger partial charge in [-0.05, 0) is 49.1 Å². The molecule has 0 aliphatic carbocycles. The van der Waals surface area contributed by atoms with Gasteiger partial charge in [0.15, 0.2) is 0 Å². The third-order valence-electron chi connectivity index (χ3n) is 2.43. The summed E-state index contributed by atoms with van der Waals surface area (Å²) in [6.45, 7) is 2.67. The van der Waals surface area contributed by atoms with Crippen molar-refractivity contribution in [3.63, 3.8) is 0 Å². The average Bonchev–Trinajstić information content (AvgIpc) is 2.34. The van der Waals surface area contributed by atoms with Crippen LogP contribution in [0.15, 0.2) is 24.3 Å². The quantitative estimate of drug-likeness (QED) is 0.575. The highest BCUT2D eigenvalue weighted by molar-refractivity contribution is 5.85. The van der Waals surface area contributed by atoms with Crippen LogP contribution >= 0.6 is 0 Å². The number of hydrogen-bond donors (Lipinski definition) is 2. The summed E-state index contributed by atoms with van der Waals surface area (Å²) in [4.78, 5) is 10.4. The second-order valence-electron chi connectivity index (χ2n) is 3.98. The van der Waals surface area contributed by atoms with Crippen molar-refractivity contribution < 1.29 is 19.7 Å². The lowest BCUT2D eigenvalue weighted by atomic mass is 10.1. The zero-order valence-electron chi connectivity index (χ0n) is 10.4. The van der Waals surface area contributed by atoms with Crippen molar-refractivity contribution in [2.24, 2.45) is 0 Å². The smallest absolute Gasteiger partial charge is 0.328 e. The maximum Gasteiger partial charge on any atom is 0.328 e. The third-order valence-corrected chi connectivity index (χ3v) is 2.43. The molecular weight excluding hydrogens is 232 g/mol. The number of aliphatic carboxylic acids is 1. The van der Waals surface area contributed by atoms with E-state index >= 15 is 0 Å². The highest BCUT2D eigenvalue weighted by Crippen LogP contribution is 2.20. The molecule has 0 atom stereocenters. The molecule has 0 fully saturated rings. The van der Waals surface area contributed by atoms with Gasteiger partial charge in [-0.3, -0.25) is 0 Å². The van der Waals surface area contributed by atoms with E-state index in [2.05, 4.69) is 0 Å². The number of aliphatic hydroxyl groups excluding tert-OH is 1. The van der Waals surface area contributed by atoms with E-state index in [4.69, 9.17) is 14.9 Å². The summed E-state index contributed by atoms with van der Waals surface area (Å²) in [6, 6.07) is 5.52. The Morgan fingerprint density at radius 3 is 2.78 bits per heavy atom. The molecule has 0 amide bonds. The predicted molar refractivity (Wildman–Crippen MR) is 69.7 cm³/mol. The zero-order valence-corrected chi connectivity index (χ0v) is 10.4. The average molecular weight is 250 g/mol. The van der Waals surface area contributed by atoms with Crippen LogP contribution in [0.5, 0.6) is 5.75 Å². The van der Waals surface area contributed by atoms with Crippen molar-refractivity contribution in [3.05, 3.63) is 35.4 Å². The Kier molecular flexibility index (Phi) is 5.94. The van der Waals surface area contributed by atoms with Gasteiger partial charge in [-0.25, -0.2) is 4.79 Å². The molecule has 4 heteroatoms. The molecule has 0 aromatic heterocycles. The first-order chi connectivity index (χ1) is 8.63. The van der Waals surface area contributed by atoms with Crippen LogP contribution in [0.3, 0.4) is 0 Å². The van der Waals surface area contributed by atoms with E-state index in [1.165, 1.54) is 0 Å². The van der Waals surface area contributed by atoms with E-state index in [1.807, 2.05) is 25.1 Å². The van der Waals surface area contributed by atoms with Crippen LogP contribution in [0.2, 0.25) is 0 Å². The lowest BCUT2D eigenvalue weighted by Gasteiger charge is -2.09. The van der Waals surface area contributed by atoms with E-state index in [-0.39, 0.29) is 6.61 Å². The fraction of sp³-hybridized carbons (Fsp3) is 0.357. The van der Waals surface area contributed by atoms with E-state index in [1.54, 1.807) is 6.08 Å². The standard InChI is InChI=1S/C14H18O4/c1-11-10-12(5-7-14(16)17)4-6-13(11)18-9-3-2-8-15/h4-7,10,15H,2-3,8-9H2,1H3,(H,16,17)/b7-5+. The molecule has 1 aromatic rings. The van der Waals surface area contributed by atoms with Crippen LogP contribution in [-0.2, 0) is 4.79 Å². The SMILES string of the molecule is Cc1cc(/C=C/C(=O)O)ccc1OCCCCO. The number of aliphatic hydroxyl groups is 1. The molecule has 18 heavy (non-hydrogen) atoms. The molecule has 0 bridgehead atoms. The molecule has 0 radical (unpaired) electrons. The van der Waals surface area contributed by atoms with Crippen LogP contribution in [0.4, 0.5) is 0 Å². The Morgan fingerprint density at radius 1 is 1.39 bits per heavy atom. The second kappa shape index (κ2) is 7.50. The first-order valence-electron chi connectivity index (χ1n) is 5.89. The van der Waals surface area contributed by atoms with E-state index in [9.17, 15) is 4.79 Å². The molecule has 0 spiro atoms. The Morgan fingerprint density at radius 2 is 2.17 bits per heavy atom. The topological polar surface area (TPSA) is 66.8 Å². The minimum atomic E-state index is -0.961. The largest absolute Gasteiger partial charge is 0.493 e. The van der Waals surface area contributed by atoms with Crippen molar-refractivity contribution in [1.29, 1.82) is 0 Å². The monoisotopic (exact) mass is 250 g/mol. The van der Waals surface area contributed by atoms with E-state index in [0.29, 0.717) is 6.61 Å². The summed E-state index contributed by atoms with van der Waals surface area (Å²) in [5.41, 5.74) is 1.80. The zero-order chi connectivity index (χ0) is 13.4. The Bertz CT molecular complexity index is 424. The van der Waals surface area contributed by atoms with Crippen molar-refractivity contribution in [3.8, 4) is 5.75 Å². The Labute approximate surface area is 107 Å². The molecule has 4 nitrogen and oxygen atoms in total. The molecular formula is C14H18O4. The molecule has 98 valence electrons. The van der Waals surface area contributed by atoms with Gasteiger partial charge in [0.1, 0.15) is 5.75 Å². The number of benzene rings is 1. The van der Waals surface area contributed by atoms with Crippen LogP contribution in [0.25, 0.3) is 6.08 Å². The van der Waals surface area contributed by atoms with E-state index in [0.717, 1.165) is 35.8 Å². The number of carbonyl (C=O) groups is 1. The van der Waals surface area contributed by atoms with Crippen molar-refractivity contribution >= 4 is 12.0 Å². The number of unbranched alkanes of at least 4 members (excludes halogenated alkanes) is 1. The lowest BCUT2D eigenvalue weighted by Crippen LogP contribution is -2.00. The van der Waals surface area contributed by atoms with Crippen molar-refractivity contribution in [2.75, 3.05) is 13.2 Å². The van der Waals surface area contributed by atoms with Gasteiger partial charge in [-0.15, -0.1) is 0 Å². The van der Waals surface area contributed by atoms with Crippen molar-refractivity contribution in [1.82, 2.24) is 0 Å². The van der Waals surface area contributed by atoms with E-state index < -0.39 is 5.97 Å². The molecule has 1 rings (SSSR count). The minimum absolute atomic E-state index is 0.182. The molecule has 0 aliphatic rings. The highest BCUT2D eigenvalue weighted by atomic mass is 16.5. The fourth-order valence-electron chi connectivity index (χ4n) is 1.50. The van der Waals surface area contributed by atoms with Crippen molar-refractivity contribution in [2.45, 2.75) is 19.8 Å². The van der Waals surface area contributed by atoms with Crippen LogP contribution in [0, 0.1) is 6.92 Å². The molecule has 0 aliphatic heterocycles. The summed E-state index contributed by atoms with van der Waals surface area (Å²) in [6.07, 6.45) is 4.20. The molecule has 0 saturated heterocycles. The summed E-state index contributed by atoms with van der Waals surface area (Å²) in [5.74, 6) is -0.169. The lowest BCUT2D eigenvalue weighted by molar-refractivity contribution is -0.131. The maximum atomic E-state index is 10.4. The summed E-state index contributed by atoms with van der Waals surface area (Å²) in [5, 5.41) is 17.2. The molecule has 0 heterocycles. The van der Waals surface area contributed by atoms with Gasteiger partial charge in [0.05, 0.1) is 6.61 Å². The second-order valence-corrected chi connectivity index (χ2v) is 3.98. The number of rotatable bonds is 7. The van der Waals surface area contributed by atoms with Gasteiger partial charge in [0, 0.05) is 12.7 Å². The summed E-state index contributed by atoms with van der Waals surface area (Å²) < 4.78 is 5.57. The van der Waals surface area contributed by atoms with Gasteiger partial charge in [-0.2, -0.15) is 0 Å². The highest BCUT2D eigenvalue weighted by Gasteiger charge is 2.00. The van der Waals surface area contributed by atoms with Gasteiger partial charge in [-0.1, -0.05) is 6.07 Å². The summed E-state index contributed by atoms with van der Waals surface area (Å²) >= 11 is 0. The first kappa shape index (κ1) is 14.3.